The van der Waals surface area contributed by atoms with Gasteiger partial charge in [0.2, 0.25) is 0 Å². The fourth-order valence-electron chi connectivity index (χ4n) is 1.01. The molecule has 0 radical (unpaired) electrons. The van der Waals surface area contributed by atoms with Crippen LogP contribution in [0.1, 0.15) is 47.0 Å². The normalized spacial score (nSPS) is 19.4. The molecule has 0 aromatic rings. The van der Waals surface area contributed by atoms with Crippen molar-refractivity contribution < 1.29 is 0 Å². The van der Waals surface area contributed by atoms with Crippen molar-refractivity contribution in [1.82, 2.24) is 10.6 Å². The van der Waals surface area contributed by atoms with Crippen LogP contribution in [0.15, 0.2) is 0 Å². The Kier molecular flexibility index (Phi) is 2.85. The molecule has 76 valence electrons. The first kappa shape index (κ1) is 10.8. The van der Waals surface area contributed by atoms with E-state index in [-0.39, 0.29) is 11.1 Å². The van der Waals surface area contributed by atoms with Crippen molar-refractivity contribution in [3.63, 3.8) is 0 Å². The van der Waals surface area contributed by atoms with Crippen LogP contribution in [-0.4, -0.2) is 16.2 Å². The van der Waals surface area contributed by atoms with E-state index >= 15 is 0 Å². The van der Waals surface area contributed by atoms with Gasteiger partial charge in [-0.15, -0.1) is 0 Å². The number of hydrogen-bond donors (Lipinski definition) is 2. The zero-order chi connectivity index (χ0) is 10.1. The Balaban J connectivity index is 2.32. The minimum absolute atomic E-state index is 0.106. The third-order valence-corrected chi connectivity index (χ3v) is 2.96. The second-order valence-corrected chi connectivity index (χ2v) is 5.29. The van der Waals surface area contributed by atoms with Crippen molar-refractivity contribution in [2.45, 2.75) is 58.0 Å². The van der Waals surface area contributed by atoms with Gasteiger partial charge in [-0.25, -0.2) is 0 Å². The summed E-state index contributed by atoms with van der Waals surface area (Å²) in [6.45, 7) is 8.70. The van der Waals surface area contributed by atoms with E-state index in [4.69, 9.17) is 12.2 Å². The third-order valence-electron chi connectivity index (χ3n) is 2.75. The van der Waals surface area contributed by atoms with E-state index in [0.29, 0.717) is 0 Å². The Labute approximate surface area is 86.5 Å². The summed E-state index contributed by atoms with van der Waals surface area (Å²) in [7, 11) is 0. The average molecular weight is 200 g/mol. The van der Waals surface area contributed by atoms with Gasteiger partial charge in [0.15, 0.2) is 5.11 Å². The molecule has 0 unspecified atom stereocenters. The zero-order valence-electron chi connectivity index (χ0n) is 9.03. The summed E-state index contributed by atoms with van der Waals surface area (Å²) in [4.78, 5) is 0. The lowest BCUT2D eigenvalue weighted by atomic mass is 10.0. The summed E-state index contributed by atoms with van der Waals surface area (Å²) >= 11 is 5.23. The van der Waals surface area contributed by atoms with E-state index in [0.717, 1.165) is 11.5 Å². The first-order chi connectivity index (χ1) is 5.87. The van der Waals surface area contributed by atoms with E-state index < -0.39 is 0 Å². The molecule has 0 bridgehead atoms. The molecule has 13 heavy (non-hydrogen) atoms. The summed E-state index contributed by atoms with van der Waals surface area (Å²) in [5, 5.41) is 7.46. The topological polar surface area (TPSA) is 24.1 Å². The number of rotatable bonds is 3. The molecule has 0 saturated heterocycles. The van der Waals surface area contributed by atoms with Crippen LogP contribution in [0.5, 0.6) is 0 Å². The van der Waals surface area contributed by atoms with Crippen LogP contribution in [0.3, 0.4) is 0 Å². The van der Waals surface area contributed by atoms with Crippen LogP contribution in [0.2, 0.25) is 0 Å². The van der Waals surface area contributed by atoms with E-state index in [1.54, 1.807) is 0 Å². The summed E-state index contributed by atoms with van der Waals surface area (Å²) in [6.07, 6.45) is 3.55. The minimum atomic E-state index is 0.106. The van der Waals surface area contributed by atoms with Gasteiger partial charge in [-0.1, -0.05) is 6.92 Å². The molecule has 2 nitrogen and oxygen atoms in total. The molecule has 0 aromatic carbocycles. The predicted octanol–water partition coefficient (Wildman–Crippen LogP) is 2.19. The van der Waals surface area contributed by atoms with Gasteiger partial charge in [-0.3, -0.25) is 0 Å². The lowest BCUT2D eigenvalue weighted by Crippen LogP contribution is -2.50. The Morgan fingerprint density at radius 3 is 2.38 bits per heavy atom. The maximum atomic E-state index is 5.23. The highest BCUT2D eigenvalue weighted by Gasteiger charge is 2.38. The fourth-order valence-corrected chi connectivity index (χ4v) is 1.54. The molecule has 0 aromatic heterocycles. The van der Waals surface area contributed by atoms with Gasteiger partial charge in [-0.05, 0) is 52.3 Å². The lowest BCUT2D eigenvalue weighted by Gasteiger charge is -2.28. The Hall–Kier alpha value is -0.310. The summed E-state index contributed by atoms with van der Waals surface area (Å²) in [6, 6.07) is 0. The SMILES string of the molecule is CCC(C)(C)NC(=S)NC1(C)CC1. The van der Waals surface area contributed by atoms with Crippen molar-refractivity contribution in [2.24, 2.45) is 0 Å². The summed E-state index contributed by atoms with van der Waals surface area (Å²) < 4.78 is 0. The smallest absolute Gasteiger partial charge is 0.167 e. The van der Waals surface area contributed by atoms with Gasteiger partial charge in [0.1, 0.15) is 0 Å². The van der Waals surface area contributed by atoms with Gasteiger partial charge >= 0.3 is 0 Å². The van der Waals surface area contributed by atoms with E-state index in [2.05, 4.69) is 38.3 Å². The molecule has 0 spiro atoms. The molecule has 3 heteroatoms. The van der Waals surface area contributed by atoms with Crippen LogP contribution < -0.4 is 10.6 Å². The van der Waals surface area contributed by atoms with Crippen LogP contribution in [0, 0.1) is 0 Å². The molecule has 0 amide bonds. The molecule has 2 N–H and O–H groups in total. The minimum Gasteiger partial charge on any atom is -0.358 e. The second-order valence-electron chi connectivity index (χ2n) is 4.88. The van der Waals surface area contributed by atoms with E-state index in [1.807, 2.05) is 0 Å². The first-order valence-electron chi connectivity index (χ1n) is 4.97. The first-order valence-corrected chi connectivity index (χ1v) is 5.38. The fraction of sp³-hybridized carbons (Fsp3) is 0.900. The van der Waals surface area contributed by atoms with Crippen LogP contribution in [-0.2, 0) is 0 Å². The number of hydrogen-bond acceptors (Lipinski definition) is 1. The van der Waals surface area contributed by atoms with Gasteiger partial charge < -0.3 is 10.6 Å². The van der Waals surface area contributed by atoms with Crippen molar-refractivity contribution in [3.05, 3.63) is 0 Å². The lowest BCUT2D eigenvalue weighted by molar-refractivity contribution is 0.438. The molecular formula is C10H20N2S. The van der Waals surface area contributed by atoms with Crippen molar-refractivity contribution in [1.29, 1.82) is 0 Å². The monoisotopic (exact) mass is 200 g/mol. The largest absolute Gasteiger partial charge is 0.358 e. The van der Waals surface area contributed by atoms with Crippen molar-refractivity contribution >= 4 is 17.3 Å². The predicted molar refractivity (Wildman–Crippen MR) is 60.9 cm³/mol. The Morgan fingerprint density at radius 1 is 1.46 bits per heavy atom. The standard InChI is InChI=1S/C10H20N2S/c1-5-9(2,3)11-8(13)12-10(4)6-7-10/h5-7H2,1-4H3,(H2,11,12,13). The van der Waals surface area contributed by atoms with Gasteiger partial charge in [0, 0.05) is 11.1 Å². The molecule has 1 aliphatic carbocycles. The highest BCUT2D eigenvalue weighted by molar-refractivity contribution is 7.80. The van der Waals surface area contributed by atoms with E-state index in [9.17, 15) is 0 Å². The summed E-state index contributed by atoms with van der Waals surface area (Å²) in [5.74, 6) is 0. The number of thiocarbonyl (C=S) groups is 1. The highest BCUT2D eigenvalue weighted by atomic mass is 32.1. The van der Waals surface area contributed by atoms with Crippen LogP contribution in [0.25, 0.3) is 0 Å². The third kappa shape index (κ3) is 3.51. The van der Waals surface area contributed by atoms with Crippen LogP contribution in [0.4, 0.5) is 0 Å². The van der Waals surface area contributed by atoms with Gasteiger partial charge in [0.25, 0.3) is 0 Å². The molecule has 0 atom stereocenters. The Morgan fingerprint density at radius 2 is 2.00 bits per heavy atom. The zero-order valence-corrected chi connectivity index (χ0v) is 9.85. The molecular weight excluding hydrogens is 180 g/mol. The number of nitrogens with one attached hydrogen (secondary N) is 2. The maximum Gasteiger partial charge on any atom is 0.167 e. The Bertz CT molecular complexity index is 207. The van der Waals surface area contributed by atoms with Gasteiger partial charge in [0.05, 0.1) is 0 Å². The molecule has 1 saturated carbocycles. The van der Waals surface area contributed by atoms with Crippen LogP contribution >= 0.6 is 12.2 Å². The molecule has 1 rings (SSSR count). The highest BCUT2D eigenvalue weighted by Crippen LogP contribution is 2.34. The van der Waals surface area contributed by atoms with Gasteiger partial charge in [-0.2, -0.15) is 0 Å². The molecule has 1 fully saturated rings. The van der Waals surface area contributed by atoms with Crippen molar-refractivity contribution in [2.75, 3.05) is 0 Å². The summed E-state index contributed by atoms with van der Waals surface area (Å²) in [5.41, 5.74) is 0.392. The second kappa shape index (κ2) is 3.45. The molecule has 0 aliphatic heterocycles. The quantitative estimate of drug-likeness (QED) is 0.683. The molecule has 0 heterocycles. The maximum absolute atomic E-state index is 5.23. The van der Waals surface area contributed by atoms with Crippen molar-refractivity contribution in [3.8, 4) is 0 Å². The van der Waals surface area contributed by atoms with E-state index in [1.165, 1.54) is 12.8 Å². The average Bonchev–Trinajstić information content (AvgIpc) is 2.66. The molecule has 1 aliphatic rings.